The summed E-state index contributed by atoms with van der Waals surface area (Å²) in [7, 11) is 0. The average Bonchev–Trinajstić information content (AvgIpc) is 2.39. The minimum Gasteiger partial charge on any atom is -0.229 e. The average molecular weight is 261 g/mol. The van der Waals surface area contributed by atoms with E-state index in [1.165, 1.54) is 5.56 Å². The summed E-state index contributed by atoms with van der Waals surface area (Å²) in [5.41, 5.74) is 1.51. The lowest BCUT2D eigenvalue weighted by molar-refractivity contribution is 1.10. The third-order valence-electron chi connectivity index (χ3n) is 2.16. The highest BCUT2D eigenvalue weighted by atomic mass is 35.5. The van der Waals surface area contributed by atoms with E-state index < -0.39 is 0 Å². The molecule has 1 heterocycles. The molecule has 0 saturated carbocycles. The molecule has 0 unspecified atom stereocenters. The molecule has 0 N–H and O–H groups in total. The molecule has 4 heteroatoms. The van der Waals surface area contributed by atoms with Crippen LogP contribution < -0.4 is 0 Å². The molecule has 0 bridgehead atoms. The zero-order chi connectivity index (χ0) is 12.1. The molecule has 0 aliphatic carbocycles. The van der Waals surface area contributed by atoms with Gasteiger partial charge in [0, 0.05) is 5.75 Å². The van der Waals surface area contributed by atoms with Crippen molar-refractivity contribution >= 4 is 23.4 Å². The molecular weight excluding hydrogens is 252 g/mol. The Bertz CT molecular complexity index is 549. The monoisotopic (exact) mass is 260 g/mol. The number of hydrogen-bond acceptors (Lipinski definition) is 3. The van der Waals surface area contributed by atoms with Crippen molar-refractivity contribution < 1.29 is 0 Å². The number of pyridine rings is 1. The van der Waals surface area contributed by atoms with Gasteiger partial charge in [-0.15, -0.1) is 11.8 Å². The summed E-state index contributed by atoms with van der Waals surface area (Å²) in [5.74, 6) is 0.834. The third kappa shape index (κ3) is 3.23. The van der Waals surface area contributed by atoms with Gasteiger partial charge in [-0.2, -0.15) is 5.26 Å². The molecule has 0 radical (unpaired) electrons. The molecule has 0 fully saturated rings. The maximum absolute atomic E-state index is 8.82. The highest BCUT2D eigenvalue weighted by Crippen LogP contribution is 2.23. The van der Waals surface area contributed by atoms with Crippen molar-refractivity contribution in [2.45, 2.75) is 10.8 Å². The molecular formula is C13H9ClN2S. The molecule has 1 aromatic heterocycles. The summed E-state index contributed by atoms with van der Waals surface area (Å²) >= 11 is 7.41. The molecule has 84 valence electrons. The number of hydrogen-bond donors (Lipinski definition) is 0. The van der Waals surface area contributed by atoms with E-state index in [0.717, 1.165) is 10.8 Å². The highest BCUT2D eigenvalue weighted by molar-refractivity contribution is 7.98. The van der Waals surface area contributed by atoms with Gasteiger partial charge in [-0.05, 0) is 17.7 Å². The van der Waals surface area contributed by atoms with E-state index in [2.05, 4.69) is 17.1 Å². The van der Waals surface area contributed by atoms with Gasteiger partial charge in [-0.3, -0.25) is 0 Å². The van der Waals surface area contributed by atoms with Crippen LogP contribution in [0.3, 0.4) is 0 Å². The van der Waals surface area contributed by atoms with Gasteiger partial charge in [0.25, 0.3) is 0 Å². The third-order valence-corrected chi connectivity index (χ3v) is 3.46. The van der Waals surface area contributed by atoms with E-state index >= 15 is 0 Å². The SMILES string of the molecule is N#Cc1nc(SCc2ccccc2)ccc1Cl. The predicted molar refractivity (Wildman–Crippen MR) is 70.0 cm³/mol. The fraction of sp³-hybridized carbons (Fsp3) is 0.0769. The Morgan fingerprint density at radius 2 is 1.94 bits per heavy atom. The number of thioether (sulfide) groups is 1. The highest BCUT2D eigenvalue weighted by Gasteiger charge is 2.03. The molecule has 0 aliphatic heterocycles. The zero-order valence-electron chi connectivity index (χ0n) is 8.93. The number of halogens is 1. The van der Waals surface area contributed by atoms with E-state index in [9.17, 15) is 0 Å². The smallest absolute Gasteiger partial charge is 0.160 e. The Hall–Kier alpha value is -1.50. The predicted octanol–water partition coefficient (Wildman–Crippen LogP) is 3.90. The van der Waals surface area contributed by atoms with Crippen molar-refractivity contribution in [2.75, 3.05) is 0 Å². The van der Waals surface area contributed by atoms with Gasteiger partial charge in [-0.25, -0.2) is 4.98 Å². The minimum absolute atomic E-state index is 0.282. The fourth-order valence-corrected chi connectivity index (χ4v) is 2.29. The van der Waals surface area contributed by atoms with Crippen molar-refractivity contribution in [1.29, 1.82) is 5.26 Å². The lowest BCUT2D eigenvalue weighted by Crippen LogP contribution is -1.88. The standard InChI is InChI=1S/C13H9ClN2S/c14-11-6-7-13(16-12(11)8-15)17-9-10-4-2-1-3-5-10/h1-7H,9H2. The molecule has 0 atom stereocenters. The lowest BCUT2D eigenvalue weighted by atomic mass is 10.2. The van der Waals surface area contributed by atoms with Crippen molar-refractivity contribution in [3.05, 3.63) is 58.7 Å². The number of nitriles is 1. The molecule has 2 nitrogen and oxygen atoms in total. The van der Waals surface area contributed by atoms with Gasteiger partial charge in [0.2, 0.25) is 0 Å². The number of benzene rings is 1. The van der Waals surface area contributed by atoms with Crippen LogP contribution >= 0.6 is 23.4 Å². The van der Waals surface area contributed by atoms with E-state index in [4.69, 9.17) is 16.9 Å². The molecule has 0 saturated heterocycles. The van der Waals surface area contributed by atoms with E-state index in [1.54, 1.807) is 17.8 Å². The van der Waals surface area contributed by atoms with Crippen molar-refractivity contribution in [3.63, 3.8) is 0 Å². The normalized spacial score (nSPS) is 9.88. The van der Waals surface area contributed by atoms with Crippen LogP contribution in [0, 0.1) is 11.3 Å². The molecule has 2 aromatic rings. The molecule has 0 amide bonds. The maximum Gasteiger partial charge on any atom is 0.160 e. The van der Waals surface area contributed by atoms with Crippen LogP contribution in [0.4, 0.5) is 0 Å². The second kappa shape index (κ2) is 5.72. The summed E-state index contributed by atoms with van der Waals surface area (Å²) in [6.45, 7) is 0. The molecule has 17 heavy (non-hydrogen) atoms. The second-order valence-electron chi connectivity index (χ2n) is 3.37. The first-order valence-corrected chi connectivity index (χ1v) is 6.39. The summed E-state index contributed by atoms with van der Waals surface area (Å²) in [5, 5.41) is 10.0. The maximum atomic E-state index is 8.82. The second-order valence-corrected chi connectivity index (χ2v) is 4.77. The van der Waals surface area contributed by atoms with Crippen molar-refractivity contribution in [2.24, 2.45) is 0 Å². The van der Waals surface area contributed by atoms with Crippen LogP contribution in [0.15, 0.2) is 47.5 Å². The number of rotatable bonds is 3. The summed E-state index contributed by atoms with van der Waals surface area (Å²) in [4.78, 5) is 4.18. The van der Waals surface area contributed by atoms with Gasteiger partial charge in [0.1, 0.15) is 6.07 Å². The van der Waals surface area contributed by atoms with Gasteiger partial charge in [0.15, 0.2) is 5.69 Å². The zero-order valence-corrected chi connectivity index (χ0v) is 10.5. The van der Waals surface area contributed by atoms with Crippen molar-refractivity contribution in [3.8, 4) is 6.07 Å². The Labute approximate surface area is 109 Å². The van der Waals surface area contributed by atoms with Crippen LogP contribution in [-0.2, 0) is 5.75 Å². The lowest BCUT2D eigenvalue weighted by Gasteiger charge is -2.02. The number of nitrogens with zero attached hydrogens (tertiary/aromatic N) is 2. The minimum atomic E-state index is 0.282. The van der Waals surface area contributed by atoms with Crippen LogP contribution in [0.1, 0.15) is 11.3 Å². The first-order valence-electron chi connectivity index (χ1n) is 5.03. The van der Waals surface area contributed by atoms with Crippen LogP contribution in [0.2, 0.25) is 5.02 Å². The topological polar surface area (TPSA) is 36.7 Å². The Balaban J connectivity index is 2.08. The van der Waals surface area contributed by atoms with E-state index in [1.807, 2.05) is 30.3 Å². The summed E-state index contributed by atoms with van der Waals surface area (Å²) < 4.78 is 0. The van der Waals surface area contributed by atoms with Gasteiger partial charge < -0.3 is 0 Å². The quantitative estimate of drug-likeness (QED) is 0.786. The van der Waals surface area contributed by atoms with Crippen LogP contribution in [0.25, 0.3) is 0 Å². The van der Waals surface area contributed by atoms with Gasteiger partial charge in [0.05, 0.1) is 10.0 Å². The summed E-state index contributed by atoms with van der Waals surface area (Å²) in [6.07, 6.45) is 0. The molecule has 1 aromatic carbocycles. The van der Waals surface area contributed by atoms with Crippen LogP contribution in [-0.4, -0.2) is 4.98 Å². The first-order chi connectivity index (χ1) is 8.29. The van der Waals surface area contributed by atoms with E-state index in [0.29, 0.717) is 5.02 Å². The summed E-state index contributed by atoms with van der Waals surface area (Å²) in [6, 6.07) is 15.6. The van der Waals surface area contributed by atoms with E-state index in [-0.39, 0.29) is 5.69 Å². The molecule has 0 aliphatic rings. The van der Waals surface area contributed by atoms with Crippen molar-refractivity contribution in [1.82, 2.24) is 4.98 Å². The Morgan fingerprint density at radius 1 is 1.18 bits per heavy atom. The molecule has 0 spiro atoms. The fourth-order valence-electron chi connectivity index (χ4n) is 1.31. The Morgan fingerprint density at radius 3 is 2.65 bits per heavy atom. The van der Waals surface area contributed by atoms with Gasteiger partial charge >= 0.3 is 0 Å². The van der Waals surface area contributed by atoms with Crippen LogP contribution in [0.5, 0.6) is 0 Å². The largest absolute Gasteiger partial charge is 0.229 e. The Kier molecular flexibility index (Phi) is 4.03. The van der Waals surface area contributed by atoms with Gasteiger partial charge in [-0.1, -0.05) is 41.9 Å². The molecule has 2 rings (SSSR count). The number of aromatic nitrogens is 1. The first kappa shape index (κ1) is 12.0.